The molecular weight excluding hydrogens is 444 g/mol. The number of aliphatic hydroxyl groups excluding tert-OH is 1. The number of nitrogens with zero attached hydrogens (tertiary/aromatic N) is 2. The number of likely N-dealkylation sites (N-methyl/N-ethyl adjacent to an activating group) is 1. The van der Waals surface area contributed by atoms with Crippen molar-refractivity contribution in [1.29, 1.82) is 0 Å². The zero-order valence-corrected chi connectivity index (χ0v) is 19.8. The van der Waals surface area contributed by atoms with Crippen molar-refractivity contribution < 1.29 is 24.5 Å². The summed E-state index contributed by atoms with van der Waals surface area (Å²) in [5.41, 5.74) is 4.25. The van der Waals surface area contributed by atoms with E-state index in [0.717, 1.165) is 16.8 Å². The Morgan fingerprint density at radius 1 is 1.00 bits per heavy atom. The molecule has 2 heterocycles. The first-order valence-electron chi connectivity index (χ1n) is 11.4. The molecule has 7 nitrogen and oxygen atoms in total. The molecule has 0 radical (unpaired) electrons. The van der Waals surface area contributed by atoms with Crippen LogP contribution in [0.25, 0.3) is 5.76 Å². The van der Waals surface area contributed by atoms with Crippen molar-refractivity contribution in [1.82, 2.24) is 0 Å². The molecule has 3 aromatic rings. The van der Waals surface area contributed by atoms with E-state index in [2.05, 4.69) is 0 Å². The number of aryl methyl sites for hydroxylation is 2. The minimum absolute atomic E-state index is 0.000675. The van der Waals surface area contributed by atoms with Crippen LogP contribution in [0.4, 0.5) is 11.4 Å². The van der Waals surface area contributed by atoms with Crippen molar-refractivity contribution in [2.45, 2.75) is 19.9 Å². The second-order valence-corrected chi connectivity index (χ2v) is 8.99. The van der Waals surface area contributed by atoms with Gasteiger partial charge in [-0.15, -0.1) is 0 Å². The van der Waals surface area contributed by atoms with Gasteiger partial charge in [-0.1, -0.05) is 18.2 Å². The lowest BCUT2D eigenvalue weighted by molar-refractivity contribution is -0.132. The third-order valence-corrected chi connectivity index (χ3v) is 6.73. The van der Waals surface area contributed by atoms with Crippen LogP contribution >= 0.6 is 0 Å². The van der Waals surface area contributed by atoms with Gasteiger partial charge in [0.1, 0.15) is 23.9 Å². The van der Waals surface area contributed by atoms with Crippen molar-refractivity contribution in [3.63, 3.8) is 0 Å². The highest BCUT2D eigenvalue weighted by Crippen LogP contribution is 2.44. The Bertz CT molecular complexity index is 1390. The van der Waals surface area contributed by atoms with Crippen molar-refractivity contribution in [3.05, 3.63) is 88.5 Å². The number of carbonyl (C=O) groups is 2. The summed E-state index contributed by atoms with van der Waals surface area (Å²) in [5.74, 6) is -1.10. The number of aromatic hydroxyl groups is 1. The van der Waals surface area contributed by atoms with Crippen LogP contribution in [0, 0.1) is 13.8 Å². The fraction of sp³-hybridized carbons (Fsp3) is 0.214. The van der Waals surface area contributed by atoms with Crippen molar-refractivity contribution in [2.75, 3.05) is 30.0 Å². The number of anilines is 2. The number of hydrogen-bond donors (Lipinski definition) is 2. The number of amides is 1. The second-order valence-electron chi connectivity index (χ2n) is 8.99. The van der Waals surface area contributed by atoms with Crippen LogP contribution in [0.3, 0.4) is 0 Å². The molecule has 1 saturated heterocycles. The average Bonchev–Trinajstić information content (AvgIpc) is 3.11. The van der Waals surface area contributed by atoms with E-state index in [1.165, 1.54) is 17.0 Å². The zero-order chi connectivity index (χ0) is 24.9. The second kappa shape index (κ2) is 8.51. The Balaban J connectivity index is 1.71. The van der Waals surface area contributed by atoms with E-state index in [4.69, 9.17) is 4.74 Å². The quantitative estimate of drug-likeness (QED) is 0.334. The van der Waals surface area contributed by atoms with Crippen LogP contribution < -0.4 is 14.5 Å². The average molecular weight is 471 g/mol. The van der Waals surface area contributed by atoms with Crippen molar-refractivity contribution >= 4 is 28.8 Å². The Kier molecular flexibility index (Phi) is 5.47. The van der Waals surface area contributed by atoms with Crippen LogP contribution in [-0.4, -0.2) is 42.1 Å². The zero-order valence-electron chi connectivity index (χ0n) is 19.8. The molecule has 2 aliphatic heterocycles. The van der Waals surface area contributed by atoms with E-state index in [1.807, 2.05) is 37.9 Å². The first kappa shape index (κ1) is 22.5. The molecule has 2 N–H and O–H groups in total. The number of ketones is 1. The summed E-state index contributed by atoms with van der Waals surface area (Å²) < 4.78 is 5.70. The van der Waals surface area contributed by atoms with Gasteiger partial charge in [0.15, 0.2) is 0 Å². The highest BCUT2D eigenvalue weighted by molar-refractivity contribution is 6.51. The fourth-order valence-electron chi connectivity index (χ4n) is 4.64. The molecule has 2 aliphatic rings. The van der Waals surface area contributed by atoms with Crippen LogP contribution in [0.15, 0.2) is 66.2 Å². The number of Topliss-reactive ketones (excluding diaryl/α,β-unsaturated/α-hetero) is 1. The predicted octanol–water partition coefficient (Wildman–Crippen LogP) is 4.46. The van der Waals surface area contributed by atoms with Gasteiger partial charge in [0.05, 0.1) is 23.8 Å². The Labute approximate surface area is 203 Å². The van der Waals surface area contributed by atoms with Crippen LogP contribution in [0.1, 0.15) is 28.3 Å². The first-order valence-corrected chi connectivity index (χ1v) is 11.4. The molecule has 1 atom stereocenters. The normalized spacial score (nSPS) is 19.0. The number of aliphatic hydroxyl groups is 1. The molecule has 0 bridgehead atoms. The highest BCUT2D eigenvalue weighted by Gasteiger charge is 2.47. The lowest BCUT2D eigenvalue weighted by atomic mass is 9.94. The number of hydrogen-bond acceptors (Lipinski definition) is 6. The van der Waals surface area contributed by atoms with Gasteiger partial charge < -0.3 is 19.8 Å². The van der Waals surface area contributed by atoms with Crippen LogP contribution in [-0.2, 0) is 9.59 Å². The van der Waals surface area contributed by atoms with E-state index < -0.39 is 17.7 Å². The standard InChI is InChI=1S/C28H26N2O5/c1-16-7-9-20(13-17(16)2)30-25(18-5-4-6-21(31)14-18)24(27(33)28(30)34)26(32)19-8-10-23-22(15-19)29(3)11-12-35-23/h4-10,13-15,25,31-32H,11-12H2,1-3H3/b26-24-. The summed E-state index contributed by atoms with van der Waals surface area (Å²) in [4.78, 5) is 30.1. The summed E-state index contributed by atoms with van der Waals surface area (Å²) >= 11 is 0. The summed E-state index contributed by atoms with van der Waals surface area (Å²) in [5, 5.41) is 21.6. The largest absolute Gasteiger partial charge is 0.508 e. The highest BCUT2D eigenvalue weighted by atomic mass is 16.5. The maximum Gasteiger partial charge on any atom is 0.300 e. The van der Waals surface area contributed by atoms with Gasteiger partial charge in [-0.25, -0.2) is 0 Å². The molecule has 1 unspecified atom stereocenters. The number of phenolic OH excluding ortho intramolecular Hbond substituents is 1. The topological polar surface area (TPSA) is 90.3 Å². The van der Waals surface area contributed by atoms with E-state index in [0.29, 0.717) is 35.7 Å². The molecule has 5 rings (SSSR count). The van der Waals surface area contributed by atoms with Gasteiger partial charge in [0.2, 0.25) is 0 Å². The molecule has 0 aliphatic carbocycles. The monoisotopic (exact) mass is 470 g/mol. The maximum atomic E-state index is 13.4. The number of ether oxygens (including phenoxy) is 1. The molecule has 3 aromatic carbocycles. The Hall–Kier alpha value is -4.26. The number of benzene rings is 3. The molecule has 0 saturated carbocycles. The summed E-state index contributed by atoms with van der Waals surface area (Å²) in [6.07, 6.45) is 0. The van der Waals surface area contributed by atoms with E-state index in [1.54, 1.807) is 36.4 Å². The number of phenols is 1. The third kappa shape index (κ3) is 3.79. The molecule has 178 valence electrons. The van der Waals surface area contributed by atoms with E-state index in [9.17, 15) is 19.8 Å². The molecule has 35 heavy (non-hydrogen) atoms. The van der Waals surface area contributed by atoms with Gasteiger partial charge in [0.25, 0.3) is 11.7 Å². The summed E-state index contributed by atoms with van der Waals surface area (Å²) in [6.45, 7) is 5.16. The minimum Gasteiger partial charge on any atom is -0.508 e. The molecule has 0 spiro atoms. The molecule has 0 aromatic heterocycles. The molecule has 1 amide bonds. The lowest BCUT2D eigenvalue weighted by Crippen LogP contribution is -2.29. The number of fused-ring (bicyclic) bond motifs is 1. The minimum atomic E-state index is -0.908. The van der Waals surface area contributed by atoms with Crippen LogP contribution in [0.2, 0.25) is 0 Å². The smallest absolute Gasteiger partial charge is 0.300 e. The molecule has 7 heteroatoms. The molecular formula is C28H26N2O5. The maximum absolute atomic E-state index is 13.4. The van der Waals surface area contributed by atoms with E-state index in [-0.39, 0.29) is 17.1 Å². The van der Waals surface area contributed by atoms with E-state index >= 15 is 0 Å². The SMILES string of the molecule is Cc1ccc(N2C(=O)C(=O)/C(=C(\O)c3ccc4c(c3)N(C)CCO4)C2c2cccc(O)c2)cc1C. The fourth-order valence-corrected chi connectivity index (χ4v) is 4.64. The number of rotatable bonds is 3. The summed E-state index contributed by atoms with van der Waals surface area (Å²) in [6, 6.07) is 16.2. The summed E-state index contributed by atoms with van der Waals surface area (Å²) in [7, 11) is 1.93. The van der Waals surface area contributed by atoms with Gasteiger partial charge in [-0.05, 0) is 73.0 Å². The Morgan fingerprint density at radius 2 is 1.80 bits per heavy atom. The number of carbonyl (C=O) groups excluding carboxylic acids is 2. The van der Waals surface area contributed by atoms with Gasteiger partial charge in [0, 0.05) is 18.3 Å². The Morgan fingerprint density at radius 3 is 2.54 bits per heavy atom. The first-order chi connectivity index (χ1) is 16.8. The van der Waals surface area contributed by atoms with Gasteiger partial charge >= 0.3 is 0 Å². The van der Waals surface area contributed by atoms with Crippen molar-refractivity contribution in [3.8, 4) is 11.5 Å². The van der Waals surface area contributed by atoms with Crippen molar-refractivity contribution in [2.24, 2.45) is 0 Å². The lowest BCUT2D eigenvalue weighted by Gasteiger charge is -2.28. The predicted molar refractivity (Wildman–Crippen MR) is 134 cm³/mol. The van der Waals surface area contributed by atoms with Crippen LogP contribution in [0.5, 0.6) is 11.5 Å². The third-order valence-electron chi connectivity index (χ3n) is 6.73. The molecule has 1 fully saturated rings. The van der Waals surface area contributed by atoms with Gasteiger partial charge in [-0.2, -0.15) is 0 Å². The van der Waals surface area contributed by atoms with Gasteiger partial charge in [-0.3, -0.25) is 14.5 Å².